The summed E-state index contributed by atoms with van der Waals surface area (Å²) >= 11 is 3.79. The number of thiophene rings is 2. The number of nitrogens with zero attached hydrogens (tertiary/aromatic N) is 1. The predicted molar refractivity (Wildman–Crippen MR) is 231 cm³/mol. The van der Waals surface area contributed by atoms with Gasteiger partial charge in [0.1, 0.15) is 0 Å². The molecule has 0 saturated heterocycles. The highest BCUT2D eigenvalue weighted by Crippen LogP contribution is 2.47. The maximum absolute atomic E-state index is 2.46. The predicted octanol–water partition coefficient (Wildman–Crippen LogP) is 14.9. The third kappa shape index (κ3) is 5.79. The number of para-hydroxylation sites is 1. The van der Waals surface area contributed by atoms with Gasteiger partial charge in [0.25, 0.3) is 0 Å². The molecule has 0 N–H and O–H groups in total. The topological polar surface area (TPSA) is 3.24 Å². The SMILES string of the molecule is c1ccc(-c2ccc3sc4ccc(N(c5ccccc5)c5cccc6sc7c(CC(c8ccccc8)c8ccccc8)cccc7c56)cc4c3c2)cc1. The van der Waals surface area contributed by atoms with Gasteiger partial charge in [-0.2, -0.15) is 0 Å². The van der Waals surface area contributed by atoms with Gasteiger partial charge in [0.05, 0.1) is 5.69 Å². The van der Waals surface area contributed by atoms with E-state index in [0.29, 0.717) is 0 Å². The zero-order valence-corrected chi connectivity index (χ0v) is 30.7. The number of hydrogen-bond donors (Lipinski definition) is 0. The highest BCUT2D eigenvalue weighted by Gasteiger charge is 2.22. The molecule has 0 bridgehead atoms. The van der Waals surface area contributed by atoms with Crippen LogP contribution in [-0.4, -0.2) is 0 Å². The number of benzene rings is 8. The molecule has 10 rings (SSSR count). The summed E-state index contributed by atoms with van der Waals surface area (Å²) in [6.45, 7) is 0. The molecule has 2 aromatic heterocycles. The van der Waals surface area contributed by atoms with Crippen LogP contribution in [0.4, 0.5) is 17.1 Å². The van der Waals surface area contributed by atoms with Crippen LogP contribution < -0.4 is 4.90 Å². The van der Waals surface area contributed by atoms with Crippen molar-refractivity contribution >= 4 is 80.1 Å². The molecule has 0 spiro atoms. The number of anilines is 3. The Morgan fingerprint density at radius 1 is 0.415 bits per heavy atom. The molecule has 0 aliphatic carbocycles. The monoisotopic (exact) mass is 713 g/mol. The molecular weight excluding hydrogens is 679 g/mol. The smallest absolute Gasteiger partial charge is 0.0554 e. The van der Waals surface area contributed by atoms with E-state index in [0.717, 1.165) is 17.8 Å². The summed E-state index contributed by atoms with van der Waals surface area (Å²) < 4.78 is 5.28. The fraction of sp³-hybridized carbons (Fsp3) is 0.0400. The molecule has 8 aromatic carbocycles. The number of rotatable bonds is 8. The Morgan fingerprint density at radius 3 is 1.75 bits per heavy atom. The van der Waals surface area contributed by atoms with Crippen molar-refractivity contribution in [3.63, 3.8) is 0 Å². The van der Waals surface area contributed by atoms with Crippen LogP contribution >= 0.6 is 22.7 Å². The zero-order chi connectivity index (χ0) is 35.1. The Balaban J connectivity index is 1.14. The summed E-state index contributed by atoms with van der Waals surface area (Å²) in [5.74, 6) is 0.267. The fourth-order valence-corrected chi connectivity index (χ4v) is 10.3. The van der Waals surface area contributed by atoms with Gasteiger partial charge in [-0.15, -0.1) is 22.7 Å². The molecule has 3 heteroatoms. The summed E-state index contributed by atoms with van der Waals surface area (Å²) in [6, 6.07) is 71.2. The van der Waals surface area contributed by atoms with Gasteiger partial charge in [0.2, 0.25) is 0 Å². The molecule has 0 aliphatic rings. The van der Waals surface area contributed by atoms with E-state index in [1.165, 1.54) is 73.8 Å². The van der Waals surface area contributed by atoms with Gasteiger partial charge in [0.15, 0.2) is 0 Å². The molecule has 0 fully saturated rings. The van der Waals surface area contributed by atoms with Crippen LogP contribution in [0.25, 0.3) is 51.5 Å². The summed E-state index contributed by atoms with van der Waals surface area (Å²) in [7, 11) is 0. The van der Waals surface area contributed by atoms with E-state index in [9.17, 15) is 0 Å². The van der Waals surface area contributed by atoms with E-state index in [2.05, 4.69) is 199 Å². The van der Waals surface area contributed by atoms with Crippen LogP contribution in [0.5, 0.6) is 0 Å². The third-order valence-electron chi connectivity index (χ3n) is 10.5. The van der Waals surface area contributed by atoms with Crippen molar-refractivity contribution in [1.82, 2.24) is 0 Å². The maximum atomic E-state index is 2.46. The second-order valence-corrected chi connectivity index (χ2v) is 15.8. The first-order chi connectivity index (χ1) is 26.3. The lowest BCUT2D eigenvalue weighted by Crippen LogP contribution is -2.10. The van der Waals surface area contributed by atoms with Crippen LogP contribution in [-0.2, 0) is 6.42 Å². The average Bonchev–Trinajstić information content (AvgIpc) is 3.80. The molecule has 10 aromatic rings. The van der Waals surface area contributed by atoms with Gasteiger partial charge in [-0.05, 0) is 88.8 Å². The van der Waals surface area contributed by atoms with Crippen LogP contribution in [0.3, 0.4) is 0 Å². The van der Waals surface area contributed by atoms with Crippen molar-refractivity contribution < 1.29 is 0 Å². The average molecular weight is 714 g/mol. The third-order valence-corrected chi connectivity index (χ3v) is 12.9. The van der Waals surface area contributed by atoms with Crippen molar-refractivity contribution in [1.29, 1.82) is 0 Å². The molecule has 0 amide bonds. The van der Waals surface area contributed by atoms with Gasteiger partial charge in [-0.3, -0.25) is 0 Å². The minimum atomic E-state index is 0.267. The van der Waals surface area contributed by atoms with E-state index in [4.69, 9.17) is 0 Å². The minimum Gasteiger partial charge on any atom is -0.310 e. The molecule has 53 heavy (non-hydrogen) atoms. The molecule has 0 aliphatic heterocycles. The molecule has 252 valence electrons. The molecule has 0 radical (unpaired) electrons. The Hall–Kier alpha value is -6.00. The van der Waals surface area contributed by atoms with Crippen LogP contribution in [0.2, 0.25) is 0 Å². The van der Waals surface area contributed by atoms with Gasteiger partial charge in [-0.1, -0.05) is 140 Å². The van der Waals surface area contributed by atoms with Crippen molar-refractivity contribution in [2.45, 2.75) is 12.3 Å². The van der Waals surface area contributed by atoms with E-state index in [1.807, 2.05) is 22.7 Å². The normalized spacial score (nSPS) is 11.6. The molecule has 0 unspecified atom stereocenters. The second kappa shape index (κ2) is 13.5. The van der Waals surface area contributed by atoms with Crippen molar-refractivity contribution in [3.8, 4) is 11.1 Å². The molecular formula is C50H35NS2. The zero-order valence-electron chi connectivity index (χ0n) is 29.0. The van der Waals surface area contributed by atoms with Crippen molar-refractivity contribution in [2.75, 3.05) is 4.90 Å². The summed E-state index contributed by atoms with van der Waals surface area (Å²) in [5.41, 5.74) is 10.1. The minimum absolute atomic E-state index is 0.267. The van der Waals surface area contributed by atoms with E-state index >= 15 is 0 Å². The van der Waals surface area contributed by atoms with Gasteiger partial charge >= 0.3 is 0 Å². The van der Waals surface area contributed by atoms with Crippen molar-refractivity contribution in [2.24, 2.45) is 0 Å². The fourth-order valence-electron chi connectivity index (χ4n) is 7.97. The lowest BCUT2D eigenvalue weighted by Gasteiger charge is -2.26. The van der Waals surface area contributed by atoms with Gasteiger partial charge in [-0.25, -0.2) is 0 Å². The van der Waals surface area contributed by atoms with E-state index in [-0.39, 0.29) is 5.92 Å². The maximum Gasteiger partial charge on any atom is 0.0554 e. The lowest BCUT2D eigenvalue weighted by molar-refractivity contribution is 0.811. The molecule has 2 heterocycles. The van der Waals surface area contributed by atoms with Crippen LogP contribution in [0.1, 0.15) is 22.6 Å². The largest absolute Gasteiger partial charge is 0.310 e. The first kappa shape index (κ1) is 31.7. The highest BCUT2D eigenvalue weighted by molar-refractivity contribution is 7.26. The molecule has 1 nitrogen and oxygen atoms in total. The number of hydrogen-bond acceptors (Lipinski definition) is 3. The standard InChI is InChI=1S/C50H35NS2/c1-5-15-34(16-6-1)37-27-29-46-43(31-37)44-33-40(28-30-47(44)52-46)51(39-22-11-4-12-23-39)45-25-14-26-48-49(45)41-24-13-21-38(50(41)53-48)32-42(35-17-7-2-8-18-35)36-19-9-3-10-20-36/h1-31,33,42H,32H2. The summed E-state index contributed by atoms with van der Waals surface area (Å²) in [5, 5.41) is 5.21. The van der Waals surface area contributed by atoms with Gasteiger partial charge < -0.3 is 4.90 Å². The van der Waals surface area contributed by atoms with E-state index < -0.39 is 0 Å². The Kier molecular flexibility index (Phi) is 8.09. The van der Waals surface area contributed by atoms with Crippen LogP contribution in [0, 0.1) is 0 Å². The first-order valence-electron chi connectivity index (χ1n) is 18.2. The molecule has 0 saturated carbocycles. The summed E-state index contributed by atoms with van der Waals surface area (Å²) in [6.07, 6.45) is 0.933. The number of fused-ring (bicyclic) bond motifs is 6. The Bertz CT molecular complexity index is 2820. The Morgan fingerprint density at radius 2 is 1.04 bits per heavy atom. The summed E-state index contributed by atoms with van der Waals surface area (Å²) in [4.78, 5) is 2.46. The Labute approximate surface area is 317 Å². The van der Waals surface area contributed by atoms with Crippen molar-refractivity contribution in [3.05, 3.63) is 211 Å². The van der Waals surface area contributed by atoms with Crippen LogP contribution in [0.15, 0.2) is 194 Å². The van der Waals surface area contributed by atoms with Gasteiger partial charge in [0, 0.05) is 57.6 Å². The lowest BCUT2D eigenvalue weighted by atomic mass is 9.86. The molecule has 0 atom stereocenters. The quantitative estimate of drug-likeness (QED) is 0.152. The van der Waals surface area contributed by atoms with E-state index in [1.54, 1.807) is 0 Å². The highest BCUT2D eigenvalue weighted by atomic mass is 32.1. The second-order valence-electron chi connectivity index (χ2n) is 13.7. The first-order valence-corrected chi connectivity index (χ1v) is 19.8.